The van der Waals surface area contributed by atoms with Crippen molar-refractivity contribution in [1.29, 1.82) is 0 Å². The van der Waals surface area contributed by atoms with Crippen molar-refractivity contribution in [3.8, 4) is 0 Å². The van der Waals surface area contributed by atoms with Crippen molar-refractivity contribution in [2.24, 2.45) is 0 Å². The second-order valence-electron chi connectivity index (χ2n) is 4.64. The van der Waals surface area contributed by atoms with Crippen molar-refractivity contribution in [3.05, 3.63) is 65.5 Å². The topological polar surface area (TPSA) is 29.1 Å². The Morgan fingerprint density at radius 2 is 1.80 bits per heavy atom. The SMILES string of the molecule is CNC(CS(=O)c1ccccc1F)c1ccccc1C. The molecule has 20 heavy (non-hydrogen) atoms. The molecule has 0 aliphatic heterocycles. The van der Waals surface area contributed by atoms with Gasteiger partial charge in [0.2, 0.25) is 0 Å². The fourth-order valence-corrected chi connectivity index (χ4v) is 3.52. The standard InChI is InChI=1S/C16H18FNOS/c1-12-7-3-4-8-13(12)15(18-2)11-20(19)16-10-6-5-9-14(16)17/h3-10,15,18H,11H2,1-2H3. The van der Waals surface area contributed by atoms with Crippen LogP contribution in [0.15, 0.2) is 53.4 Å². The number of hydrogen-bond acceptors (Lipinski definition) is 2. The third-order valence-electron chi connectivity index (χ3n) is 3.31. The number of benzene rings is 2. The lowest BCUT2D eigenvalue weighted by Gasteiger charge is -2.18. The van der Waals surface area contributed by atoms with Crippen LogP contribution in [0.3, 0.4) is 0 Å². The molecule has 0 aliphatic carbocycles. The lowest BCUT2D eigenvalue weighted by atomic mass is 10.0. The Morgan fingerprint density at radius 3 is 2.45 bits per heavy atom. The summed E-state index contributed by atoms with van der Waals surface area (Å²) in [6.07, 6.45) is 0. The van der Waals surface area contributed by atoms with Crippen LogP contribution in [-0.2, 0) is 10.8 Å². The van der Waals surface area contributed by atoms with E-state index in [-0.39, 0.29) is 10.9 Å². The molecule has 0 bridgehead atoms. The Labute approximate surface area is 121 Å². The van der Waals surface area contributed by atoms with Gasteiger partial charge in [-0.2, -0.15) is 0 Å². The number of rotatable bonds is 5. The first-order valence-electron chi connectivity index (χ1n) is 6.49. The minimum atomic E-state index is -1.37. The van der Waals surface area contributed by atoms with Crippen LogP contribution in [0.5, 0.6) is 0 Å². The van der Waals surface area contributed by atoms with Gasteiger partial charge in [0.25, 0.3) is 0 Å². The average Bonchev–Trinajstić information content (AvgIpc) is 2.46. The van der Waals surface area contributed by atoms with Gasteiger partial charge in [0, 0.05) is 11.8 Å². The molecule has 2 atom stereocenters. The fraction of sp³-hybridized carbons (Fsp3) is 0.250. The molecule has 106 valence electrons. The van der Waals surface area contributed by atoms with E-state index >= 15 is 0 Å². The predicted molar refractivity (Wildman–Crippen MR) is 80.7 cm³/mol. The van der Waals surface area contributed by atoms with Gasteiger partial charge in [0.1, 0.15) is 5.82 Å². The molecule has 2 nitrogen and oxygen atoms in total. The third kappa shape index (κ3) is 3.32. The van der Waals surface area contributed by atoms with Crippen molar-refractivity contribution in [2.75, 3.05) is 12.8 Å². The zero-order valence-corrected chi connectivity index (χ0v) is 12.4. The summed E-state index contributed by atoms with van der Waals surface area (Å²) in [6.45, 7) is 2.02. The molecule has 4 heteroatoms. The van der Waals surface area contributed by atoms with E-state index in [9.17, 15) is 8.60 Å². The van der Waals surface area contributed by atoms with Crippen LogP contribution < -0.4 is 5.32 Å². The van der Waals surface area contributed by atoms with E-state index in [0.29, 0.717) is 5.75 Å². The fourth-order valence-electron chi connectivity index (χ4n) is 2.18. The third-order valence-corrected chi connectivity index (χ3v) is 4.77. The smallest absolute Gasteiger partial charge is 0.139 e. The lowest BCUT2D eigenvalue weighted by molar-refractivity contribution is 0.590. The molecular formula is C16H18FNOS. The molecular weight excluding hydrogens is 273 g/mol. The molecule has 0 aliphatic rings. The maximum absolute atomic E-state index is 13.7. The normalized spacial score (nSPS) is 13.9. The molecule has 0 heterocycles. The summed E-state index contributed by atoms with van der Waals surface area (Å²) >= 11 is 0. The maximum atomic E-state index is 13.7. The van der Waals surface area contributed by atoms with Crippen molar-refractivity contribution in [2.45, 2.75) is 17.9 Å². The van der Waals surface area contributed by atoms with Crippen LogP contribution in [-0.4, -0.2) is 17.0 Å². The Kier molecular flexibility index (Phi) is 5.04. The first-order chi connectivity index (χ1) is 9.63. The van der Waals surface area contributed by atoms with E-state index in [1.165, 1.54) is 6.07 Å². The second kappa shape index (κ2) is 6.77. The minimum Gasteiger partial charge on any atom is -0.312 e. The van der Waals surface area contributed by atoms with Crippen LogP contribution in [0.1, 0.15) is 17.2 Å². The maximum Gasteiger partial charge on any atom is 0.139 e. The van der Waals surface area contributed by atoms with E-state index in [1.807, 2.05) is 38.2 Å². The van der Waals surface area contributed by atoms with Crippen LogP contribution in [0.2, 0.25) is 0 Å². The summed E-state index contributed by atoms with van der Waals surface area (Å²) in [7, 11) is 0.458. The highest BCUT2D eigenvalue weighted by Crippen LogP contribution is 2.21. The van der Waals surface area contributed by atoms with Gasteiger partial charge in [-0.15, -0.1) is 0 Å². The van der Waals surface area contributed by atoms with Gasteiger partial charge in [-0.05, 0) is 37.2 Å². The largest absolute Gasteiger partial charge is 0.312 e. The quantitative estimate of drug-likeness (QED) is 0.916. The Morgan fingerprint density at radius 1 is 1.15 bits per heavy atom. The predicted octanol–water partition coefficient (Wildman–Crippen LogP) is 3.20. The molecule has 0 radical (unpaired) electrons. The summed E-state index contributed by atoms with van der Waals surface area (Å²) < 4.78 is 26.0. The molecule has 1 N–H and O–H groups in total. The second-order valence-corrected chi connectivity index (χ2v) is 6.10. The van der Waals surface area contributed by atoms with Gasteiger partial charge < -0.3 is 5.32 Å². The first-order valence-corrected chi connectivity index (χ1v) is 7.81. The molecule has 2 rings (SSSR count). The molecule has 2 aromatic rings. The molecule has 0 fully saturated rings. The van der Waals surface area contributed by atoms with Crippen LogP contribution in [0, 0.1) is 12.7 Å². The van der Waals surface area contributed by atoms with Crippen LogP contribution in [0.4, 0.5) is 4.39 Å². The van der Waals surface area contributed by atoms with Gasteiger partial charge in [-0.3, -0.25) is 4.21 Å². The monoisotopic (exact) mass is 291 g/mol. The van der Waals surface area contributed by atoms with Gasteiger partial charge in [0.15, 0.2) is 0 Å². The summed E-state index contributed by atoms with van der Waals surface area (Å²) in [4.78, 5) is 0.265. The van der Waals surface area contributed by atoms with Gasteiger partial charge in [-0.25, -0.2) is 4.39 Å². The highest BCUT2D eigenvalue weighted by Gasteiger charge is 2.17. The summed E-state index contributed by atoms with van der Waals surface area (Å²) in [5.74, 6) is -0.0621. The van der Waals surface area contributed by atoms with E-state index in [2.05, 4.69) is 5.32 Å². The van der Waals surface area contributed by atoms with Crippen LogP contribution >= 0.6 is 0 Å². The molecule has 0 aromatic heterocycles. The Balaban J connectivity index is 2.21. The lowest BCUT2D eigenvalue weighted by Crippen LogP contribution is -2.23. The van der Waals surface area contributed by atoms with Crippen molar-refractivity contribution >= 4 is 10.8 Å². The molecule has 0 amide bonds. The number of hydrogen-bond donors (Lipinski definition) is 1. The Bertz CT molecular complexity index is 615. The summed E-state index contributed by atoms with van der Waals surface area (Å²) in [5.41, 5.74) is 2.23. The van der Waals surface area contributed by atoms with E-state index in [4.69, 9.17) is 0 Å². The Hall–Kier alpha value is -1.52. The molecule has 0 spiro atoms. The molecule has 0 saturated heterocycles. The van der Waals surface area contributed by atoms with Crippen molar-refractivity contribution < 1.29 is 8.60 Å². The minimum absolute atomic E-state index is 0.0587. The molecule has 2 unspecified atom stereocenters. The average molecular weight is 291 g/mol. The van der Waals surface area contributed by atoms with E-state index in [0.717, 1.165) is 11.1 Å². The first kappa shape index (κ1) is 14.9. The summed E-state index contributed by atoms with van der Waals surface area (Å²) in [6, 6.07) is 14.1. The van der Waals surface area contributed by atoms with Gasteiger partial charge in [0.05, 0.1) is 15.7 Å². The van der Waals surface area contributed by atoms with Gasteiger partial charge in [-0.1, -0.05) is 36.4 Å². The molecule has 2 aromatic carbocycles. The van der Waals surface area contributed by atoms with Gasteiger partial charge >= 0.3 is 0 Å². The number of nitrogens with one attached hydrogen (secondary N) is 1. The van der Waals surface area contributed by atoms with E-state index < -0.39 is 16.6 Å². The zero-order valence-electron chi connectivity index (χ0n) is 11.6. The number of halogens is 1. The van der Waals surface area contributed by atoms with Crippen molar-refractivity contribution in [3.63, 3.8) is 0 Å². The summed E-state index contributed by atoms with van der Waals surface area (Å²) in [5, 5.41) is 3.16. The highest BCUT2D eigenvalue weighted by atomic mass is 32.2. The van der Waals surface area contributed by atoms with E-state index in [1.54, 1.807) is 18.2 Å². The highest BCUT2D eigenvalue weighted by molar-refractivity contribution is 7.85. The van der Waals surface area contributed by atoms with Crippen LogP contribution in [0.25, 0.3) is 0 Å². The zero-order chi connectivity index (χ0) is 14.5. The molecule has 0 saturated carbocycles. The number of aryl methyl sites for hydroxylation is 1. The van der Waals surface area contributed by atoms with Crippen molar-refractivity contribution in [1.82, 2.24) is 5.32 Å².